The molecule has 1 unspecified atom stereocenters. The van der Waals surface area contributed by atoms with Gasteiger partial charge >= 0.3 is 17.9 Å². The predicted molar refractivity (Wildman–Crippen MR) is 352 cm³/mol. The van der Waals surface area contributed by atoms with Crippen LogP contribution in [0, 0.1) is 0 Å². The van der Waals surface area contributed by atoms with E-state index in [0.717, 1.165) is 154 Å². The van der Waals surface area contributed by atoms with Gasteiger partial charge in [0, 0.05) is 19.3 Å². The minimum atomic E-state index is -0.825. The lowest BCUT2D eigenvalue weighted by Crippen LogP contribution is -2.30. The van der Waals surface area contributed by atoms with Gasteiger partial charge in [-0.15, -0.1) is 0 Å². The number of rotatable bonds is 57. The highest BCUT2D eigenvalue weighted by Gasteiger charge is 2.19. The topological polar surface area (TPSA) is 78.9 Å². The third-order valence-corrected chi connectivity index (χ3v) is 13.2. The Morgan fingerprint density at radius 3 is 0.802 bits per heavy atom. The highest BCUT2D eigenvalue weighted by atomic mass is 16.6. The molecule has 454 valence electrons. The van der Waals surface area contributed by atoms with Crippen LogP contribution in [0.5, 0.6) is 0 Å². The molecule has 0 radical (unpaired) electrons. The minimum Gasteiger partial charge on any atom is -0.462 e. The monoisotopic (exact) mass is 1110 g/mol. The first-order chi connectivity index (χ1) is 40.0. The van der Waals surface area contributed by atoms with Crippen LogP contribution in [0.1, 0.15) is 265 Å². The highest BCUT2D eigenvalue weighted by molar-refractivity contribution is 5.71. The Balaban J connectivity index is 4.52. The molecule has 0 aliphatic rings. The molecule has 0 saturated heterocycles. The fourth-order valence-corrected chi connectivity index (χ4v) is 8.30. The molecule has 0 aromatic carbocycles. The van der Waals surface area contributed by atoms with Gasteiger partial charge < -0.3 is 14.2 Å². The van der Waals surface area contributed by atoms with Crippen LogP contribution in [0.25, 0.3) is 0 Å². The number of allylic oxidation sites excluding steroid dienone is 28. The third kappa shape index (κ3) is 65.5. The lowest BCUT2D eigenvalue weighted by Gasteiger charge is -2.18. The summed E-state index contributed by atoms with van der Waals surface area (Å²) in [5.41, 5.74) is 0. The number of carbonyl (C=O) groups excluding carboxylic acids is 3. The van der Waals surface area contributed by atoms with Gasteiger partial charge in [-0.25, -0.2) is 0 Å². The average molecular weight is 1120 g/mol. The Bertz CT molecular complexity index is 1860. The zero-order chi connectivity index (χ0) is 58.5. The number of unbranched alkanes of at least 4 members (excludes halogenated alkanes) is 18. The van der Waals surface area contributed by atoms with Crippen molar-refractivity contribution < 1.29 is 28.6 Å². The Kier molecular flexibility index (Phi) is 62.9. The first kappa shape index (κ1) is 75.8. The van der Waals surface area contributed by atoms with Gasteiger partial charge in [-0.3, -0.25) is 14.4 Å². The minimum absolute atomic E-state index is 0.116. The molecule has 0 aliphatic carbocycles. The third-order valence-electron chi connectivity index (χ3n) is 13.2. The maximum absolute atomic E-state index is 12.9. The molecule has 81 heavy (non-hydrogen) atoms. The smallest absolute Gasteiger partial charge is 0.306 e. The van der Waals surface area contributed by atoms with Gasteiger partial charge in [-0.1, -0.05) is 262 Å². The van der Waals surface area contributed by atoms with Gasteiger partial charge in [-0.2, -0.15) is 0 Å². The Labute approximate surface area is 498 Å². The van der Waals surface area contributed by atoms with Crippen LogP contribution in [0.4, 0.5) is 0 Å². The molecular weight excluding hydrogens is 997 g/mol. The molecule has 0 saturated carbocycles. The van der Waals surface area contributed by atoms with E-state index in [2.05, 4.69) is 191 Å². The first-order valence-corrected chi connectivity index (χ1v) is 32.6. The summed E-state index contributed by atoms with van der Waals surface area (Å²) < 4.78 is 16.9. The van der Waals surface area contributed by atoms with E-state index in [1.54, 1.807) is 0 Å². The molecule has 0 bridgehead atoms. The van der Waals surface area contributed by atoms with Gasteiger partial charge in [0.15, 0.2) is 6.10 Å². The molecule has 0 N–H and O–H groups in total. The fraction of sp³-hybridized carbons (Fsp3) is 0.587. The van der Waals surface area contributed by atoms with Crippen molar-refractivity contribution in [2.24, 2.45) is 0 Å². The summed E-state index contributed by atoms with van der Waals surface area (Å²) in [4.78, 5) is 38.3. The molecule has 6 nitrogen and oxygen atoms in total. The van der Waals surface area contributed by atoms with Crippen LogP contribution in [-0.2, 0) is 28.6 Å². The average Bonchev–Trinajstić information content (AvgIpc) is 3.47. The van der Waals surface area contributed by atoms with E-state index in [0.29, 0.717) is 19.3 Å². The summed E-state index contributed by atoms with van der Waals surface area (Å²) in [6.07, 6.45) is 99.3. The quantitative estimate of drug-likeness (QED) is 0.0261. The van der Waals surface area contributed by atoms with E-state index >= 15 is 0 Å². The molecule has 0 aromatic rings. The largest absolute Gasteiger partial charge is 0.462 e. The van der Waals surface area contributed by atoms with Crippen molar-refractivity contribution in [2.45, 2.75) is 271 Å². The SMILES string of the molecule is CC/C=C\C/C=C\C/C=C\C/C=C\C/C=C\C/C=C\C/C=C\C/C=C\C/C=C\CCCC(=O)OCC(COC(=O)CCCCCCC/C=C\C/C=C\CCCCC)OC(=O)CCCCCCCC/C=C\C/C=C\C/C=C\CCCCC. The lowest BCUT2D eigenvalue weighted by molar-refractivity contribution is -0.167. The number of carbonyl (C=O) groups is 3. The zero-order valence-corrected chi connectivity index (χ0v) is 52.0. The van der Waals surface area contributed by atoms with Crippen LogP contribution in [0.2, 0.25) is 0 Å². The molecule has 0 heterocycles. The van der Waals surface area contributed by atoms with Gasteiger partial charge in [-0.05, 0) is 154 Å². The van der Waals surface area contributed by atoms with Crippen molar-refractivity contribution >= 4 is 17.9 Å². The van der Waals surface area contributed by atoms with E-state index in [-0.39, 0.29) is 37.5 Å². The van der Waals surface area contributed by atoms with Crippen molar-refractivity contribution in [3.05, 3.63) is 170 Å². The van der Waals surface area contributed by atoms with E-state index in [4.69, 9.17) is 14.2 Å². The summed E-state index contributed by atoms with van der Waals surface area (Å²) in [6.45, 7) is 6.40. The summed E-state index contributed by atoms with van der Waals surface area (Å²) in [5, 5.41) is 0. The van der Waals surface area contributed by atoms with E-state index in [1.807, 2.05) is 0 Å². The van der Waals surface area contributed by atoms with E-state index < -0.39 is 6.10 Å². The summed E-state index contributed by atoms with van der Waals surface area (Å²) >= 11 is 0. The zero-order valence-electron chi connectivity index (χ0n) is 52.0. The second-order valence-corrected chi connectivity index (χ2v) is 20.9. The van der Waals surface area contributed by atoms with Crippen molar-refractivity contribution in [3.63, 3.8) is 0 Å². The standard InChI is InChI=1S/C75H118O6/c1-4-7-10-13-16-19-22-25-28-30-32-33-34-35-36-37-38-39-40-41-43-44-47-50-53-56-59-62-65-68-74(77)80-71-72(70-79-73(76)67-64-61-58-55-52-49-46-27-24-21-18-15-12-9-6-3)81-75(78)69-66-63-60-57-54-51-48-45-42-31-29-26-23-20-17-14-11-8-5-2/h7,10,16-21,25-29,32-33,35-36,38-39,41-43,45-47,50,56,59,72H,4-6,8-9,11-15,22-24,30-31,34,37,40,44,48-49,51-55,57-58,60-71H2,1-3H3/b10-7-,19-16-,20-17-,21-18-,28-25-,29-26-,33-32-,36-35-,39-38-,43-41-,45-42-,46-27-,50-47-,59-56-. The van der Waals surface area contributed by atoms with Crippen LogP contribution in [0.15, 0.2) is 170 Å². The molecule has 0 rings (SSSR count). The maximum Gasteiger partial charge on any atom is 0.306 e. The van der Waals surface area contributed by atoms with Gasteiger partial charge in [0.25, 0.3) is 0 Å². The van der Waals surface area contributed by atoms with Gasteiger partial charge in [0.2, 0.25) is 0 Å². The Hall–Kier alpha value is -5.23. The first-order valence-electron chi connectivity index (χ1n) is 32.6. The number of hydrogen-bond donors (Lipinski definition) is 0. The predicted octanol–water partition coefficient (Wildman–Crippen LogP) is 22.7. The van der Waals surface area contributed by atoms with Crippen LogP contribution < -0.4 is 0 Å². The number of ether oxygens (including phenoxy) is 3. The summed E-state index contributed by atoms with van der Waals surface area (Å²) in [6, 6.07) is 0. The molecule has 1 atom stereocenters. The Morgan fingerprint density at radius 1 is 0.259 bits per heavy atom. The van der Waals surface area contributed by atoms with Crippen LogP contribution in [-0.4, -0.2) is 37.2 Å². The normalized spacial score (nSPS) is 13.3. The molecular formula is C75H118O6. The second-order valence-electron chi connectivity index (χ2n) is 20.9. The van der Waals surface area contributed by atoms with E-state index in [1.165, 1.54) is 64.2 Å². The lowest BCUT2D eigenvalue weighted by atomic mass is 10.1. The van der Waals surface area contributed by atoms with Gasteiger partial charge in [0.1, 0.15) is 13.2 Å². The Morgan fingerprint density at radius 2 is 0.494 bits per heavy atom. The highest BCUT2D eigenvalue weighted by Crippen LogP contribution is 2.13. The number of hydrogen-bond acceptors (Lipinski definition) is 6. The van der Waals surface area contributed by atoms with Crippen LogP contribution in [0.3, 0.4) is 0 Å². The molecule has 0 fully saturated rings. The summed E-state index contributed by atoms with van der Waals surface area (Å²) in [5.74, 6) is -1.01. The maximum atomic E-state index is 12.9. The summed E-state index contributed by atoms with van der Waals surface area (Å²) in [7, 11) is 0. The number of esters is 3. The van der Waals surface area contributed by atoms with Crippen molar-refractivity contribution in [2.75, 3.05) is 13.2 Å². The second kappa shape index (κ2) is 67.3. The van der Waals surface area contributed by atoms with Crippen molar-refractivity contribution in [1.82, 2.24) is 0 Å². The van der Waals surface area contributed by atoms with Crippen molar-refractivity contribution in [3.8, 4) is 0 Å². The molecule has 6 heteroatoms. The van der Waals surface area contributed by atoms with E-state index in [9.17, 15) is 14.4 Å². The molecule has 0 aliphatic heterocycles. The van der Waals surface area contributed by atoms with Gasteiger partial charge in [0.05, 0.1) is 0 Å². The van der Waals surface area contributed by atoms with Crippen molar-refractivity contribution in [1.29, 1.82) is 0 Å². The molecule has 0 amide bonds. The fourth-order valence-electron chi connectivity index (χ4n) is 8.30. The van der Waals surface area contributed by atoms with Crippen LogP contribution >= 0.6 is 0 Å². The molecule has 0 aromatic heterocycles. The molecule has 0 spiro atoms.